The average Bonchev–Trinajstić information content (AvgIpc) is 2.85. The molecule has 0 unspecified atom stereocenters. The lowest BCUT2D eigenvalue weighted by Crippen LogP contribution is -2.19. The van der Waals surface area contributed by atoms with E-state index in [0.717, 1.165) is 0 Å². The molecule has 0 saturated heterocycles. The molecule has 0 saturated carbocycles. The third-order valence-electron chi connectivity index (χ3n) is 2.19. The first kappa shape index (κ1) is 14.1. The van der Waals surface area contributed by atoms with Gasteiger partial charge in [-0.2, -0.15) is 18.2 Å². The van der Waals surface area contributed by atoms with E-state index in [-0.39, 0.29) is 17.3 Å². The van der Waals surface area contributed by atoms with Crippen molar-refractivity contribution in [3.05, 3.63) is 18.3 Å². The average molecular weight is 288 g/mol. The standard InChI is InChI=1S/C11H11F3N4O2/c1-18(2)10-16-9(20-17-10)7-4-3-5-15-8(7)19-6-11(12,13)14/h3-5H,6H2,1-2H3. The van der Waals surface area contributed by atoms with Gasteiger partial charge in [-0.1, -0.05) is 0 Å². The molecule has 108 valence electrons. The Morgan fingerprint density at radius 2 is 2.10 bits per heavy atom. The SMILES string of the molecule is CN(C)c1noc(-c2cccnc2OCC(F)(F)F)n1. The minimum atomic E-state index is -4.45. The van der Waals surface area contributed by atoms with Gasteiger partial charge in [-0.05, 0) is 17.3 Å². The summed E-state index contributed by atoms with van der Waals surface area (Å²) in [5, 5.41) is 3.68. The molecule has 0 amide bonds. The van der Waals surface area contributed by atoms with E-state index in [9.17, 15) is 13.2 Å². The number of nitrogens with zero attached hydrogens (tertiary/aromatic N) is 4. The smallest absolute Gasteiger partial charge is 0.422 e. The highest BCUT2D eigenvalue weighted by Crippen LogP contribution is 2.28. The molecule has 2 rings (SSSR count). The van der Waals surface area contributed by atoms with Gasteiger partial charge in [-0.3, -0.25) is 0 Å². The molecule has 9 heteroatoms. The topological polar surface area (TPSA) is 64.3 Å². The van der Waals surface area contributed by atoms with Gasteiger partial charge in [-0.15, -0.1) is 0 Å². The van der Waals surface area contributed by atoms with Crippen molar-refractivity contribution in [1.82, 2.24) is 15.1 Å². The summed E-state index contributed by atoms with van der Waals surface area (Å²) in [4.78, 5) is 9.38. The monoisotopic (exact) mass is 288 g/mol. The van der Waals surface area contributed by atoms with Crippen LogP contribution in [0.3, 0.4) is 0 Å². The van der Waals surface area contributed by atoms with E-state index in [1.165, 1.54) is 18.3 Å². The molecule has 6 nitrogen and oxygen atoms in total. The van der Waals surface area contributed by atoms with Gasteiger partial charge in [0.05, 0.1) is 0 Å². The van der Waals surface area contributed by atoms with Crippen LogP contribution in [0.5, 0.6) is 5.88 Å². The van der Waals surface area contributed by atoms with E-state index in [2.05, 4.69) is 19.9 Å². The van der Waals surface area contributed by atoms with Crippen molar-refractivity contribution in [3.8, 4) is 17.3 Å². The van der Waals surface area contributed by atoms with Gasteiger partial charge in [0.1, 0.15) is 5.56 Å². The Bertz CT molecular complexity index is 583. The quantitative estimate of drug-likeness (QED) is 0.858. The van der Waals surface area contributed by atoms with Crippen LogP contribution in [-0.2, 0) is 0 Å². The minimum Gasteiger partial charge on any atom is -0.467 e. The van der Waals surface area contributed by atoms with Gasteiger partial charge >= 0.3 is 6.18 Å². The Morgan fingerprint density at radius 1 is 1.35 bits per heavy atom. The lowest BCUT2D eigenvalue weighted by Gasteiger charge is -2.09. The fourth-order valence-electron chi connectivity index (χ4n) is 1.33. The Morgan fingerprint density at radius 3 is 2.70 bits per heavy atom. The Labute approximate surface area is 112 Å². The highest BCUT2D eigenvalue weighted by atomic mass is 19.4. The lowest BCUT2D eigenvalue weighted by atomic mass is 10.3. The molecule has 0 aliphatic carbocycles. The number of rotatable bonds is 4. The first-order valence-corrected chi connectivity index (χ1v) is 5.53. The fraction of sp³-hybridized carbons (Fsp3) is 0.364. The summed E-state index contributed by atoms with van der Waals surface area (Å²) in [7, 11) is 3.41. The highest BCUT2D eigenvalue weighted by molar-refractivity contribution is 5.60. The lowest BCUT2D eigenvalue weighted by molar-refractivity contribution is -0.154. The molecule has 0 aromatic carbocycles. The molecule has 0 fully saturated rings. The zero-order valence-corrected chi connectivity index (χ0v) is 10.7. The van der Waals surface area contributed by atoms with Crippen LogP contribution in [0.15, 0.2) is 22.9 Å². The number of alkyl halides is 3. The Balaban J connectivity index is 2.27. The summed E-state index contributed by atoms with van der Waals surface area (Å²) in [6.45, 7) is -1.44. The van der Waals surface area contributed by atoms with Crippen LogP contribution >= 0.6 is 0 Å². The molecular weight excluding hydrogens is 277 g/mol. The number of pyridine rings is 1. The van der Waals surface area contributed by atoms with Gasteiger partial charge in [-0.25, -0.2) is 4.98 Å². The van der Waals surface area contributed by atoms with E-state index in [0.29, 0.717) is 5.95 Å². The third-order valence-corrected chi connectivity index (χ3v) is 2.19. The highest BCUT2D eigenvalue weighted by Gasteiger charge is 2.29. The van der Waals surface area contributed by atoms with Crippen LogP contribution in [0.4, 0.5) is 19.1 Å². The second kappa shape index (κ2) is 5.35. The number of halogens is 3. The van der Waals surface area contributed by atoms with Crippen molar-refractivity contribution < 1.29 is 22.4 Å². The van der Waals surface area contributed by atoms with Gasteiger partial charge in [0.2, 0.25) is 5.88 Å². The van der Waals surface area contributed by atoms with Crippen LogP contribution in [0, 0.1) is 0 Å². The van der Waals surface area contributed by atoms with Crippen LogP contribution in [0.2, 0.25) is 0 Å². The first-order chi connectivity index (χ1) is 9.37. The molecule has 2 aromatic rings. The van der Waals surface area contributed by atoms with E-state index in [1.54, 1.807) is 19.0 Å². The van der Waals surface area contributed by atoms with Crippen LogP contribution in [0.1, 0.15) is 0 Å². The largest absolute Gasteiger partial charge is 0.467 e. The summed E-state index contributed by atoms with van der Waals surface area (Å²) in [6.07, 6.45) is -3.13. The van der Waals surface area contributed by atoms with Crippen LogP contribution < -0.4 is 9.64 Å². The summed E-state index contributed by atoms with van der Waals surface area (Å²) in [6, 6.07) is 3.03. The van der Waals surface area contributed by atoms with Gasteiger partial charge in [0.15, 0.2) is 6.61 Å². The molecule has 0 radical (unpaired) electrons. The van der Waals surface area contributed by atoms with E-state index in [4.69, 9.17) is 4.52 Å². The number of ether oxygens (including phenoxy) is 1. The summed E-state index contributed by atoms with van der Waals surface area (Å²) in [5.41, 5.74) is 0.206. The maximum absolute atomic E-state index is 12.2. The Hall–Kier alpha value is -2.32. The van der Waals surface area contributed by atoms with Gasteiger partial charge in [0, 0.05) is 20.3 Å². The van der Waals surface area contributed by atoms with Crippen LogP contribution in [0.25, 0.3) is 11.5 Å². The van der Waals surface area contributed by atoms with Crippen molar-refractivity contribution in [2.75, 3.05) is 25.6 Å². The number of hydrogen-bond donors (Lipinski definition) is 0. The number of hydrogen-bond acceptors (Lipinski definition) is 6. The number of anilines is 1. The number of aromatic nitrogens is 3. The van der Waals surface area contributed by atoms with E-state index >= 15 is 0 Å². The second-order valence-corrected chi connectivity index (χ2v) is 4.05. The van der Waals surface area contributed by atoms with Gasteiger partial charge < -0.3 is 14.2 Å². The predicted molar refractivity (Wildman–Crippen MR) is 63.4 cm³/mol. The van der Waals surface area contributed by atoms with Crippen molar-refractivity contribution >= 4 is 5.95 Å². The minimum absolute atomic E-state index is 0.0407. The maximum Gasteiger partial charge on any atom is 0.422 e. The summed E-state index contributed by atoms with van der Waals surface area (Å²) in [5.74, 6) is 0.128. The second-order valence-electron chi connectivity index (χ2n) is 4.05. The maximum atomic E-state index is 12.2. The van der Waals surface area contributed by atoms with Crippen molar-refractivity contribution in [2.45, 2.75) is 6.18 Å². The van der Waals surface area contributed by atoms with E-state index in [1.807, 2.05) is 0 Å². The molecule has 0 spiro atoms. The molecule has 2 heterocycles. The third kappa shape index (κ3) is 3.37. The predicted octanol–water partition coefficient (Wildman–Crippen LogP) is 2.14. The Kier molecular flexibility index (Phi) is 3.77. The van der Waals surface area contributed by atoms with E-state index < -0.39 is 12.8 Å². The first-order valence-electron chi connectivity index (χ1n) is 5.53. The summed E-state index contributed by atoms with van der Waals surface area (Å²) < 4.78 is 46.2. The zero-order valence-electron chi connectivity index (χ0n) is 10.7. The van der Waals surface area contributed by atoms with Crippen molar-refractivity contribution in [1.29, 1.82) is 0 Å². The summed E-state index contributed by atoms with van der Waals surface area (Å²) >= 11 is 0. The van der Waals surface area contributed by atoms with Crippen LogP contribution in [-0.4, -0.2) is 42.0 Å². The molecule has 0 aliphatic heterocycles. The molecular formula is C11H11F3N4O2. The normalized spacial score (nSPS) is 11.4. The van der Waals surface area contributed by atoms with Gasteiger partial charge in [0.25, 0.3) is 11.8 Å². The molecule has 20 heavy (non-hydrogen) atoms. The molecule has 0 aliphatic rings. The molecule has 0 atom stereocenters. The molecule has 0 N–H and O–H groups in total. The fourth-order valence-corrected chi connectivity index (χ4v) is 1.33. The molecule has 0 bridgehead atoms. The van der Waals surface area contributed by atoms with Crippen molar-refractivity contribution in [3.63, 3.8) is 0 Å². The molecule has 2 aromatic heterocycles. The van der Waals surface area contributed by atoms with Crippen molar-refractivity contribution in [2.24, 2.45) is 0 Å². The zero-order chi connectivity index (χ0) is 14.8.